The number of hydrogen-bond acceptors (Lipinski definition) is 4. The van der Waals surface area contributed by atoms with E-state index in [-0.39, 0.29) is 17.2 Å². The van der Waals surface area contributed by atoms with Crippen molar-refractivity contribution in [1.82, 2.24) is 5.32 Å². The van der Waals surface area contributed by atoms with Crippen LogP contribution in [-0.2, 0) is 14.9 Å². The van der Waals surface area contributed by atoms with Crippen molar-refractivity contribution >= 4 is 17.5 Å². The molecular weight excluding hydrogens is 380 g/mol. The third-order valence-corrected chi connectivity index (χ3v) is 4.99. The van der Waals surface area contributed by atoms with Crippen LogP contribution in [0.3, 0.4) is 0 Å². The zero-order valence-electron chi connectivity index (χ0n) is 17.9. The number of carbonyl (C=O) groups is 2. The molecule has 0 saturated carbocycles. The Hall–Kier alpha value is -2.86. The Morgan fingerprint density at radius 2 is 1.90 bits per heavy atom. The predicted molar refractivity (Wildman–Crippen MR) is 117 cm³/mol. The molecule has 30 heavy (non-hydrogen) atoms. The highest BCUT2D eigenvalue weighted by Crippen LogP contribution is 2.24. The molecule has 2 N–H and O–H groups in total. The van der Waals surface area contributed by atoms with Crippen LogP contribution in [0.25, 0.3) is 0 Å². The van der Waals surface area contributed by atoms with Crippen molar-refractivity contribution < 1.29 is 19.1 Å². The summed E-state index contributed by atoms with van der Waals surface area (Å²) >= 11 is 0. The normalized spacial score (nSPS) is 16.2. The molecule has 3 rings (SSSR count). The fraction of sp³-hybridized carbons (Fsp3) is 0.417. The minimum Gasteiger partial charge on any atom is -0.492 e. The summed E-state index contributed by atoms with van der Waals surface area (Å²) in [6.07, 6.45) is 1.21. The van der Waals surface area contributed by atoms with E-state index < -0.39 is 6.10 Å². The fourth-order valence-corrected chi connectivity index (χ4v) is 3.23. The monoisotopic (exact) mass is 410 g/mol. The summed E-state index contributed by atoms with van der Waals surface area (Å²) in [6.45, 7) is 7.87. The maximum absolute atomic E-state index is 12.4. The summed E-state index contributed by atoms with van der Waals surface area (Å²) in [5, 5.41) is 5.65. The molecule has 6 heteroatoms. The smallest absolute Gasteiger partial charge is 0.253 e. The average Bonchev–Trinajstić information content (AvgIpc) is 3.26. The number of benzene rings is 2. The second kappa shape index (κ2) is 9.76. The van der Waals surface area contributed by atoms with Gasteiger partial charge in [0.1, 0.15) is 18.5 Å². The van der Waals surface area contributed by atoms with Gasteiger partial charge >= 0.3 is 0 Å². The van der Waals surface area contributed by atoms with E-state index in [1.807, 2.05) is 12.1 Å². The Morgan fingerprint density at radius 1 is 1.13 bits per heavy atom. The number of ether oxygens (including phenoxy) is 2. The summed E-state index contributed by atoms with van der Waals surface area (Å²) in [4.78, 5) is 24.6. The Balaban J connectivity index is 1.45. The lowest BCUT2D eigenvalue weighted by Crippen LogP contribution is -2.29. The lowest BCUT2D eigenvalue weighted by Gasteiger charge is -2.19. The van der Waals surface area contributed by atoms with Crippen LogP contribution >= 0.6 is 0 Å². The number of amides is 2. The number of rotatable bonds is 7. The highest BCUT2D eigenvalue weighted by molar-refractivity contribution is 5.98. The SMILES string of the molecule is CC(C)(C)c1ccc(OCCNC(=O)c2cccc(NC(=O)C3CCCO3)c2)cc1. The van der Waals surface area contributed by atoms with Crippen molar-refractivity contribution in [2.24, 2.45) is 0 Å². The third-order valence-electron chi connectivity index (χ3n) is 4.99. The third kappa shape index (κ3) is 6.07. The van der Waals surface area contributed by atoms with Crippen LogP contribution in [0.4, 0.5) is 5.69 Å². The quantitative estimate of drug-likeness (QED) is 0.679. The number of hydrogen-bond donors (Lipinski definition) is 2. The second-order valence-corrected chi connectivity index (χ2v) is 8.45. The number of anilines is 1. The van der Waals surface area contributed by atoms with Gasteiger partial charge in [0.15, 0.2) is 0 Å². The molecule has 0 aliphatic carbocycles. The van der Waals surface area contributed by atoms with Gasteiger partial charge in [-0.05, 0) is 54.2 Å². The average molecular weight is 411 g/mol. The Kier molecular flexibility index (Phi) is 7.11. The maximum Gasteiger partial charge on any atom is 0.253 e. The van der Waals surface area contributed by atoms with Crippen molar-refractivity contribution in [2.75, 3.05) is 25.1 Å². The molecule has 0 radical (unpaired) electrons. The van der Waals surface area contributed by atoms with Crippen LogP contribution in [0.1, 0.15) is 49.5 Å². The zero-order valence-corrected chi connectivity index (χ0v) is 17.9. The molecule has 2 amide bonds. The highest BCUT2D eigenvalue weighted by atomic mass is 16.5. The lowest BCUT2D eigenvalue weighted by atomic mass is 9.87. The zero-order chi connectivity index (χ0) is 21.6. The van der Waals surface area contributed by atoms with E-state index in [0.29, 0.717) is 31.0 Å². The van der Waals surface area contributed by atoms with Crippen LogP contribution in [-0.4, -0.2) is 37.7 Å². The molecule has 2 aromatic carbocycles. The molecule has 1 atom stereocenters. The van der Waals surface area contributed by atoms with Crippen molar-refractivity contribution in [3.63, 3.8) is 0 Å². The molecular formula is C24H30N2O4. The van der Waals surface area contributed by atoms with E-state index in [0.717, 1.165) is 18.6 Å². The summed E-state index contributed by atoms with van der Waals surface area (Å²) in [7, 11) is 0. The van der Waals surface area contributed by atoms with E-state index >= 15 is 0 Å². The molecule has 0 aromatic heterocycles. The van der Waals surface area contributed by atoms with Crippen molar-refractivity contribution in [1.29, 1.82) is 0 Å². The molecule has 6 nitrogen and oxygen atoms in total. The van der Waals surface area contributed by atoms with E-state index in [1.165, 1.54) is 5.56 Å². The van der Waals surface area contributed by atoms with Crippen LogP contribution in [0.15, 0.2) is 48.5 Å². The summed E-state index contributed by atoms with van der Waals surface area (Å²) in [6, 6.07) is 14.9. The molecule has 1 aliphatic rings. The Labute approximate surface area is 178 Å². The molecule has 160 valence electrons. The standard InChI is InChI=1S/C24H30N2O4/c1-24(2,3)18-9-11-20(12-10-18)29-15-13-25-22(27)17-6-4-7-19(16-17)26-23(28)21-8-5-14-30-21/h4,6-7,9-12,16,21H,5,8,13-15H2,1-3H3,(H,25,27)(H,26,28). The number of nitrogens with one attached hydrogen (secondary N) is 2. The van der Waals surface area contributed by atoms with Gasteiger partial charge in [-0.1, -0.05) is 39.0 Å². The first-order chi connectivity index (χ1) is 14.3. The van der Waals surface area contributed by atoms with Gasteiger partial charge in [-0.15, -0.1) is 0 Å². The van der Waals surface area contributed by atoms with Crippen LogP contribution in [0, 0.1) is 0 Å². The van der Waals surface area contributed by atoms with Gasteiger partial charge in [-0.3, -0.25) is 9.59 Å². The molecule has 1 unspecified atom stereocenters. The van der Waals surface area contributed by atoms with E-state index in [2.05, 4.69) is 43.5 Å². The first-order valence-electron chi connectivity index (χ1n) is 10.4. The van der Waals surface area contributed by atoms with Gasteiger partial charge in [0.05, 0.1) is 6.54 Å². The lowest BCUT2D eigenvalue weighted by molar-refractivity contribution is -0.124. The number of carbonyl (C=O) groups excluding carboxylic acids is 2. The van der Waals surface area contributed by atoms with E-state index in [1.54, 1.807) is 24.3 Å². The Morgan fingerprint density at radius 3 is 2.57 bits per heavy atom. The molecule has 0 bridgehead atoms. The summed E-state index contributed by atoms with van der Waals surface area (Å²) in [5.41, 5.74) is 2.41. The van der Waals surface area contributed by atoms with Gasteiger partial charge in [0.25, 0.3) is 11.8 Å². The predicted octanol–water partition coefficient (Wildman–Crippen LogP) is 3.91. The molecule has 1 fully saturated rings. The molecule has 1 saturated heterocycles. The molecule has 0 spiro atoms. The first-order valence-corrected chi connectivity index (χ1v) is 10.4. The van der Waals surface area contributed by atoms with Crippen LogP contribution in [0.2, 0.25) is 0 Å². The van der Waals surface area contributed by atoms with Crippen molar-refractivity contribution in [2.45, 2.75) is 45.1 Å². The summed E-state index contributed by atoms with van der Waals surface area (Å²) in [5.74, 6) is 0.391. The van der Waals surface area contributed by atoms with Crippen LogP contribution < -0.4 is 15.4 Å². The largest absolute Gasteiger partial charge is 0.492 e. The minimum atomic E-state index is -0.405. The molecule has 1 aliphatic heterocycles. The van der Waals surface area contributed by atoms with Crippen molar-refractivity contribution in [3.8, 4) is 5.75 Å². The topological polar surface area (TPSA) is 76.7 Å². The van der Waals surface area contributed by atoms with Gasteiger partial charge in [-0.2, -0.15) is 0 Å². The second-order valence-electron chi connectivity index (χ2n) is 8.45. The minimum absolute atomic E-state index is 0.102. The van der Waals surface area contributed by atoms with Gasteiger partial charge in [-0.25, -0.2) is 0 Å². The van der Waals surface area contributed by atoms with E-state index in [4.69, 9.17) is 9.47 Å². The maximum atomic E-state index is 12.4. The Bertz CT molecular complexity index is 866. The first kappa shape index (κ1) is 21.8. The summed E-state index contributed by atoms with van der Waals surface area (Å²) < 4.78 is 11.1. The highest BCUT2D eigenvalue weighted by Gasteiger charge is 2.23. The fourth-order valence-electron chi connectivity index (χ4n) is 3.23. The molecule has 2 aromatic rings. The van der Waals surface area contributed by atoms with Gasteiger partial charge < -0.3 is 20.1 Å². The van der Waals surface area contributed by atoms with Crippen molar-refractivity contribution in [3.05, 3.63) is 59.7 Å². The van der Waals surface area contributed by atoms with Gasteiger partial charge in [0, 0.05) is 17.9 Å². The van der Waals surface area contributed by atoms with Crippen LogP contribution in [0.5, 0.6) is 5.75 Å². The van der Waals surface area contributed by atoms with E-state index in [9.17, 15) is 9.59 Å². The van der Waals surface area contributed by atoms with Gasteiger partial charge in [0.2, 0.25) is 0 Å². The molecule has 1 heterocycles.